The molecule has 2 aliphatic rings. The number of likely N-dealkylation sites (tertiary alicyclic amines) is 1. The van der Waals surface area contributed by atoms with Gasteiger partial charge >= 0.3 is 0 Å². The first-order chi connectivity index (χ1) is 13.8. The van der Waals surface area contributed by atoms with Gasteiger partial charge in [0.05, 0.1) is 29.5 Å². The monoisotopic (exact) mass is 442 g/mol. The largest absolute Gasteiger partial charge is 0.374 e. The topological polar surface area (TPSA) is 49.9 Å². The highest BCUT2D eigenvalue weighted by Crippen LogP contribution is 2.28. The van der Waals surface area contributed by atoms with Gasteiger partial charge in [-0.05, 0) is 35.4 Å². The zero-order valence-corrected chi connectivity index (χ0v) is 17.2. The smallest absolute Gasteiger partial charge is 0.217 e. The van der Waals surface area contributed by atoms with Crippen molar-refractivity contribution < 1.29 is 21.9 Å². The maximum atomic E-state index is 13.7. The number of sulfonamides is 1. The highest BCUT2D eigenvalue weighted by Gasteiger charge is 2.44. The van der Waals surface area contributed by atoms with Crippen LogP contribution in [0.4, 0.5) is 8.78 Å². The number of hydrogen-bond acceptors (Lipinski definition) is 4. The minimum absolute atomic E-state index is 0.0658. The van der Waals surface area contributed by atoms with Crippen molar-refractivity contribution in [2.24, 2.45) is 0 Å². The van der Waals surface area contributed by atoms with Gasteiger partial charge in [-0.2, -0.15) is 4.31 Å². The average molecular weight is 443 g/mol. The Morgan fingerprint density at radius 3 is 2.62 bits per heavy atom. The van der Waals surface area contributed by atoms with Crippen molar-refractivity contribution in [2.45, 2.75) is 25.2 Å². The maximum absolute atomic E-state index is 13.7. The molecule has 9 heteroatoms. The van der Waals surface area contributed by atoms with Crippen LogP contribution in [0.2, 0.25) is 5.02 Å². The van der Waals surface area contributed by atoms with Crippen LogP contribution in [0.3, 0.4) is 0 Å². The summed E-state index contributed by atoms with van der Waals surface area (Å²) in [5.41, 5.74) is 1.34. The van der Waals surface area contributed by atoms with E-state index in [2.05, 4.69) is 0 Å². The van der Waals surface area contributed by atoms with E-state index in [1.165, 1.54) is 28.6 Å². The van der Waals surface area contributed by atoms with E-state index in [1.54, 1.807) is 18.2 Å². The second kappa shape index (κ2) is 8.28. The Morgan fingerprint density at radius 1 is 1.07 bits per heavy atom. The molecule has 0 spiro atoms. The van der Waals surface area contributed by atoms with Crippen molar-refractivity contribution in [1.82, 2.24) is 9.21 Å². The van der Waals surface area contributed by atoms with Crippen molar-refractivity contribution in [3.63, 3.8) is 0 Å². The summed E-state index contributed by atoms with van der Waals surface area (Å²) in [6.45, 7) is 1.65. The predicted molar refractivity (Wildman–Crippen MR) is 106 cm³/mol. The molecule has 0 N–H and O–H groups in total. The van der Waals surface area contributed by atoms with Crippen molar-refractivity contribution in [2.75, 3.05) is 25.4 Å². The van der Waals surface area contributed by atoms with E-state index in [0.29, 0.717) is 25.2 Å². The number of ether oxygens (including phenoxy) is 1. The molecule has 2 saturated heterocycles. The molecule has 156 valence electrons. The van der Waals surface area contributed by atoms with Crippen molar-refractivity contribution in [1.29, 1.82) is 0 Å². The second-order valence-corrected chi connectivity index (χ2v) is 9.86. The summed E-state index contributed by atoms with van der Waals surface area (Å²) in [6.07, 6.45) is -0.294. The maximum Gasteiger partial charge on any atom is 0.217 e. The summed E-state index contributed by atoms with van der Waals surface area (Å²) < 4.78 is 60.3. The van der Waals surface area contributed by atoms with Gasteiger partial charge in [-0.15, -0.1) is 0 Å². The molecule has 0 unspecified atom stereocenters. The molecule has 2 heterocycles. The molecular formula is C20H21ClF2N2O3S. The van der Waals surface area contributed by atoms with Crippen LogP contribution >= 0.6 is 11.6 Å². The van der Waals surface area contributed by atoms with Crippen LogP contribution in [-0.2, 0) is 27.8 Å². The summed E-state index contributed by atoms with van der Waals surface area (Å²) in [5.74, 6) is -0.984. The Hall–Kier alpha value is -1.58. The fourth-order valence-electron chi connectivity index (χ4n) is 3.96. The molecule has 0 radical (unpaired) electrons. The SMILES string of the molecule is O=S1(=O)CCO[C@H]2CN(Cc3ccc(Cl)c(F)c3)C[C@H]2N1Cc1cccc(F)c1. The summed E-state index contributed by atoms with van der Waals surface area (Å²) in [7, 11) is -3.55. The quantitative estimate of drug-likeness (QED) is 0.730. The van der Waals surface area contributed by atoms with Gasteiger partial charge in [0.15, 0.2) is 0 Å². The van der Waals surface area contributed by atoms with Gasteiger partial charge in [0.1, 0.15) is 11.6 Å². The number of nitrogens with zero attached hydrogens (tertiary/aromatic N) is 2. The third-order valence-electron chi connectivity index (χ3n) is 5.33. The Labute approximate surface area is 173 Å². The Bertz CT molecular complexity index is 1000. The Kier molecular flexibility index (Phi) is 5.90. The van der Waals surface area contributed by atoms with Gasteiger partial charge in [0, 0.05) is 26.2 Å². The van der Waals surface area contributed by atoms with Crippen LogP contribution in [0.1, 0.15) is 11.1 Å². The molecule has 5 nitrogen and oxygen atoms in total. The molecule has 0 bridgehead atoms. The number of rotatable bonds is 4. The van der Waals surface area contributed by atoms with Gasteiger partial charge in [-0.3, -0.25) is 4.90 Å². The van der Waals surface area contributed by atoms with E-state index in [0.717, 1.165) is 5.56 Å². The lowest BCUT2D eigenvalue weighted by molar-refractivity contribution is 0.0458. The fraction of sp³-hybridized carbons (Fsp3) is 0.400. The first-order valence-electron chi connectivity index (χ1n) is 9.34. The second-order valence-electron chi connectivity index (χ2n) is 7.41. The first-order valence-corrected chi connectivity index (χ1v) is 11.3. The van der Waals surface area contributed by atoms with Gasteiger partial charge in [0.2, 0.25) is 10.0 Å². The Morgan fingerprint density at radius 2 is 1.86 bits per heavy atom. The predicted octanol–water partition coefficient (Wildman–Crippen LogP) is 3.03. The van der Waals surface area contributed by atoms with E-state index >= 15 is 0 Å². The fourth-order valence-corrected chi connectivity index (χ4v) is 5.58. The van der Waals surface area contributed by atoms with Crippen LogP contribution in [0.5, 0.6) is 0 Å². The molecule has 0 aromatic heterocycles. The van der Waals surface area contributed by atoms with E-state index in [-0.39, 0.29) is 36.1 Å². The highest BCUT2D eigenvalue weighted by atomic mass is 35.5. The van der Waals surface area contributed by atoms with Crippen LogP contribution in [0.25, 0.3) is 0 Å². The molecule has 0 aliphatic carbocycles. The molecule has 2 fully saturated rings. The Balaban J connectivity index is 1.55. The van der Waals surface area contributed by atoms with Crippen molar-refractivity contribution >= 4 is 21.6 Å². The zero-order chi connectivity index (χ0) is 20.6. The van der Waals surface area contributed by atoms with E-state index in [1.807, 2.05) is 4.90 Å². The lowest BCUT2D eigenvalue weighted by Gasteiger charge is -2.28. The average Bonchev–Trinajstić information content (AvgIpc) is 3.00. The molecule has 4 rings (SSSR count). The van der Waals surface area contributed by atoms with E-state index < -0.39 is 21.7 Å². The number of benzene rings is 2. The third-order valence-corrected chi connectivity index (χ3v) is 7.43. The summed E-state index contributed by atoms with van der Waals surface area (Å²) in [4.78, 5) is 2.04. The van der Waals surface area contributed by atoms with Gasteiger partial charge < -0.3 is 4.74 Å². The summed E-state index contributed by atoms with van der Waals surface area (Å²) >= 11 is 5.74. The molecule has 2 aromatic carbocycles. The highest BCUT2D eigenvalue weighted by molar-refractivity contribution is 7.89. The molecular weight excluding hydrogens is 422 g/mol. The van der Waals surface area contributed by atoms with Crippen molar-refractivity contribution in [3.05, 3.63) is 70.2 Å². The molecule has 2 atom stereocenters. The van der Waals surface area contributed by atoms with Crippen LogP contribution in [0, 0.1) is 11.6 Å². The van der Waals surface area contributed by atoms with Gasteiger partial charge in [-0.25, -0.2) is 17.2 Å². The molecule has 0 amide bonds. The van der Waals surface area contributed by atoms with E-state index in [4.69, 9.17) is 16.3 Å². The van der Waals surface area contributed by atoms with E-state index in [9.17, 15) is 17.2 Å². The third kappa shape index (κ3) is 4.62. The minimum Gasteiger partial charge on any atom is -0.374 e. The minimum atomic E-state index is -3.55. The van der Waals surface area contributed by atoms with Crippen LogP contribution < -0.4 is 0 Å². The van der Waals surface area contributed by atoms with Crippen LogP contribution in [0.15, 0.2) is 42.5 Å². The lowest BCUT2D eigenvalue weighted by atomic mass is 10.1. The van der Waals surface area contributed by atoms with Gasteiger partial charge in [0.25, 0.3) is 0 Å². The normalized spacial score (nSPS) is 24.9. The standard InChI is InChI=1S/C20H21ClF2N2O3S/c21-17-5-4-15(9-18(17)23)10-24-12-19-20(13-24)28-6-7-29(26,27)25(19)11-14-2-1-3-16(22)8-14/h1-5,8-9,19-20H,6-7,10-13H2/t19-,20+/m1/s1. The molecule has 2 aliphatic heterocycles. The molecule has 2 aromatic rings. The number of halogens is 3. The number of hydrogen-bond donors (Lipinski definition) is 0. The zero-order valence-electron chi connectivity index (χ0n) is 15.6. The first kappa shape index (κ1) is 20.7. The van der Waals surface area contributed by atoms with Crippen molar-refractivity contribution in [3.8, 4) is 0 Å². The number of fused-ring (bicyclic) bond motifs is 1. The summed E-state index contributed by atoms with van der Waals surface area (Å²) in [5, 5.41) is 0.0658. The molecule has 29 heavy (non-hydrogen) atoms. The molecule has 0 saturated carbocycles. The summed E-state index contributed by atoms with van der Waals surface area (Å²) in [6, 6.07) is 10.2. The lowest BCUT2D eigenvalue weighted by Crippen LogP contribution is -2.45. The van der Waals surface area contributed by atoms with Gasteiger partial charge in [-0.1, -0.05) is 29.8 Å². The van der Waals surface area contributed by atoms with Crippen LogP contribution in [-0.4, -0.2) is 55.2 Å².